The first-order valence-electron chi connectivity index (χ1n) is 6.85. The van der Waals surface area contributed by atoms with Crippen LogP contribution >= 0.6 is 29.7 Å². The van der Waals surface area contributed by atoms with E-state index in [1.807, 2.05) is 30.3 Å². The smallest absolute Gasteiger partial charge is 0.322 e. The fraction of sp³-hybridized carbons (Fsp3) is 0. The molecule has 0 unspecified atom stereocenters. The van der Waals surface area contributed by atoms with Crippen LogP contribution in [0.4, 0.5) is 0 Å². The lowest BCUT2D eigenvalue weighted by Gasteiger charge is -2.22. The van der Waals surface area contributed by atoms with Crippen molar-refractivity contribution in [3.63, 3.8) is 0 Å². The molecule has 0 aliphatic heterocycles. The molecule has 4 nitrogen and oxygen atoms in total. The molecule has 122 valence electrons. The predicted molar refractivity (Wildman–Crippen MR) is 100 cm³/mol. The quantitative estimate of drug-likeness (QED) is 0.454. The molecule has 0 fully saturated rings. The molecular weight excluding hydrogens is 386 g/mol. The molecule has 0 saturated heterocycles. The Morgan fingerprint density at radius 1 is 0.708 bits per heavy atom. The molecular formula is C16H11Cl2N2O2PS. The van der Waals surface area contributed by atoms with Gasteiger partial charge in [-0.3, -0.25) is 0 Å². The first-order valence-corrected chi connectivity index (χ1v) is 10.2. The summed E-state index contributed by atoms with van der Waals surface area (Å²) in [5.41, 5.74) is 0. The van der Waals surface area contributed by atoms with Gasteiger partial charge >= 0.3 is 6.49 Å². The highest BCUT2D eigenvalue weighted by atomic mass is 35.5. The standard InChI is InChI=1S/C16H11Cl2N2O2PS/c17-13-8-4-10-15(19-13)21-23(24,12-6-2-1-3-7-12)22-16-11-5-9-14(18)20-16/h1-11H. The lowest BCUT2D eigenvalue weighted by molar-refractivity contribution is 0.477. The molecule has 0 atom stereocenters. The van der Waals surface area contributed by atoms with Crippen molar-refractivity contribution in [3.05, 3.63) is 77.0 Å². The summed E-state index contributed by atoms with van der Waals surface area (Å²) in [6.45, 7) is -2.96. The van der Waals surface area contributed by atoms with E-state index >= 15 is 0 Å². The number of nitrogens with zero attached hydrogens (tertiary/aromatic N) is 2. The highest BCUT2D eigenvalue weighted by Crippen LogP contribution is 2.47. The van der Waals surface area contributed by atoms with E-state index < -0.39 is 6.49 Å². The Balaban J connectivity index is 1.99. The van der Waals surface area contributed by atoms with E-state index in [2.05, 4.69) is 9.97 Å². The van der Waals surface area contributed by atoms with Crippen molar-refractivity contribution in [2.75, 3.05) is 0 Å². The Kier molecular flexibility index (Phi) is 5.36. The van der Waals surface area contributed by atoms with E-state index in [1.54, 1.807) is 36.4 Å². The number of pyridine rings is 2. The molecule has 3 rings (SSSR count). The van der Waals surface area contributed by atoms with Crippen LogP contribution in [-0.4, -0.2) is 9.97 Å². The summed E-state index contributed by atoms with van der Waals surface area (Å²) in [6, 6.07) is 19.4. The average Bonchev–Trinajstić information content (AvgIpc) is 2.55. The maximum absolute atomic E-state index is 5.94. The summed E-state index contributed by atoms with van der Waals surface area (Å²) >= 11 is 17.6. The first kappa shape index (κ1) is 17.2. The van der Waals surface area contributed by atoms with Gasteiger partial charge in [0.15, 0.2) is 0 Å². The molecule has 24 heavy (non-hydrogen) atoms. The third kappa shape index (κ3) is 4.25. The average molecular weight is 397 g/mol. The molecule has 0 spiro atoms. The molecule has 8 heteroatoms. The van der Waals surface area contributed by atoms with Crippen molar-refractivity contribution in [2.45, 2.75) is 0 Å². The highest BCUT2D eigenvalue weighted by Gasteiger charge is 2.27. The van der Waals surface area contributed by atoms with Crippen molar-refractivity contribution in [1.29, 1.82) is 0 Å². The van der Waals surface area contributed by atoms with Crippen molar-refractivity contribution in [1.82, 2.24) is 9.97 Å². The van der Waals surface area contributed by atoms with Gasteiger partial charge in [-0.05, 0) is 36.1 Å². The maximum atomic E-state index is 5.94. The van der Waals surface area contributed by atoms with Crippen molar-refractivity contribution in [2.24, 2.45) is 0 Å². The van der Waals surface area contributed by atoms with Crippen LogP contribution in [0, 0.1) is 0 Å². The lowest BCUT2D eigenvalue weighted by Crippen LogP contribution is -2.15. The normalized spacial score (nSPS) is 11.1. The first-order chi connectivity index (χ1) is 11.5. The second-order valence-electron chi connectivity index (χ2n) is 4.61. The van der Waals surface area contributed by atoms with Gasteiger partial charge < -0.3 is 9.05 Å². The number of hydrogen-bond acceptors (Lipinski definition) is 5. The second-order valence-corrected chi connectivity index (χ2v) is 8.71. The number of hydrogen-bond donors (Lipinski definition) is 0. The molecule has 0 amide bonds. The lowest BCUT2D eigenvalue weighted by atomic mass is 10.4. The second kappa shape index (κ2) is 7.49. The molecule has 2 heterocycles. The van der Waals surface area contributed by atoms with Crippen molar-refractivity contribution >= 4 is 46.8 Å². The minimum Gasteiger partial charge on any atom is -0.414 e. The minimum absolute atomic E-state index is 0.289. The zero-order chi connectivity index (χ0) is 17.0. The molecule has 2 aromatic heterocycles. The minimum atomic E-state index is -2.96. The summed E-state index contributed by atoms with van der Waals surface area (Å²) in [6.07, 6.45) is 0. The molecule has 1 aromatic carbocycles. The maximum Gasteiger partial charge on any atom is 0.322 e. The van der Waals surface area contributed by atoms with Crippen LogP contribution < -0.4 is 14.4 Å². The summed E-state index contributed by atoms with van der Waals surface area (Å²) in [7, 11) is 0. The SMILES string of the molecule is S=P(Oc1cccc(Cl)n1)(Oc1cccc(Cl)n1)c1ccccc1. The Bertz CT molecular complexity index is 845. The van der Waals surface area contributed by atoms with E-state index in [-0.39, 0.29) is 11.8 Å². The Morgan fingerprint density at radius 3 is 1.67 bits per heavy atom. The van der Waals surface area contributed by atoms with Crippen molar-refractivity contribution in [3.8, 4) is 11.8 Å². The summed E-state index contributed by atoms with van der Waals surface area (Å²) in [4.78, 5) is 8.24. The number of halogens is 2. The van der Waals surface area contributed by atoms with Gasteiger partial charge in [-0.2, -0.15) is 0 Å². The topological polar surface area (TPSA) is 44.2 Å². The Hall–Kier alpha value is -1.65. The largest absolute Gasteiger partial charge is 0.414 e. The van der Waals surface area contributed by atoms with Crippen LogP contribution in [0.15, 0.2) is 66.7 Å². The Morgan fingerprint density at radius 2 is 1.21 bits per heavy atom. The Labute approximate surface area is 154 Å². The van der Waals surface area contributed by atoms with Gasteiger partial charge in [0.25, 0.3) is 0 Å². The zero-order valence-electron chi connectivity index (χ0n) is 12.2. The highest BCUT2D eigenvalue weighted by molar-refractivity contribution is 8.13. The molecule has 0 saturated carbocycles. The third-order valence-electron chi connectivity index (χ3n) is 2.88. The van der Waals surface area contributed by atoms with Gasteiger partial charge in [-0.25, -0.2) is 9.97 Å². The van der Waals surface area contributed by atoms with Gasteiger partial charge in [-0.1, -0.05) is 53.5 Å². The van der Waals surface area contributed by atoms with E-state index in [4.69, 9.17) is 44.1 Å². The monoisotopic (exact) mass is 396 g/mol. The van der Waals surface area contributed by atoms with Gasteiger partial charge in [0.1, 0.15) is 10.3 Å². The summed E-state index contributed by atoms with van der Waals surface area (Å²) in [5.74, 6) is 0.577. The van der Waals surface area contributed by atoms with E-state index in [0.717, 1.165) is 5.30 Å². The van der Waals surface area contributed by atoms with Crippen LogP contribution in [0.3, 0.4) is 0 Å². The van der Waals surface area contributed by atoms with Crippen LogP contribution in [0.2, 0.25) is 10.3 Å². The van der Waals surface area contributed by atoms with Crippen molar-refractivity contribution < 1.29 is 9.05 Å². The van der Waals surface area contributed by atoms with Gasteiger partial charge in [0.05, 0.1) is 5.30 Å². The number of benzene rings is 1. The molecule has 0 radical (unpaired) electrons. The van der Waals surface area contributed by atoms with E-state index in [1.165, 1.54) is 0 Å². The third-order valence-corrected chi connectivity index (χ3v) is 6.17. The van der Waals surface area contributed by atoms with Gasteiger partial charge in [0.2, 0.25) is 11.8 Å². The zero-order valence-corrected chi connectivity index (χ0v) is 15.4. The summed E-state index contributed by atoms with van der Waals surface area (Å²) < 4.78 is 11.9. The molecule has 0 aliphatic carbocycles. The predicted octanol–water partition coefficient (Wildman–Crippen LogP) is 4.88. The van der Waals surface area contributed by atoms with E-state index in [0.29, 0.717) is 10.3 Å². The fourth-order valence-electron chi connectivity index (χ4n) is 1.86. The number of aromatic nitrogens is 2. The molecule has 0 N–H and O–H groups in total. The summed E-state index contributed by atoms with van der Waals surface area (Å²) in [5, 5.41) is 1.34. The van der Waals surface area contributed by atoms with Crippen LogP contribution in [0.25, 0.3) is 0 Å². The van der Waals surface area contributed by atoms with Crippen LogP contribution in [0.1, 0.15) is 0 Å². The molecule has 3 aromatic rings. The van der Waals surface area contributed by atoms with Crippen LogP contribution in [0.5, 0.6) is 11.8 Å². The van der Waals surface area contributed by atoms with E-state index in [9.17, 15) is 0 Å². The van der Waals surface area contributed by atoms with Crippen LogP contribution in [-0.2, 0) is 11.8 Å². The molecule has 0 aliphatic rings. The van der Waals surface area contributed by atoms with Gasteiger partial charge in [-0.15, -0.1) is 0 Å². The number of rotatable bonds is 5. The fourth-order valence-corrected chi connectivity index (χ4v) is 4.48. The van der Waals surface area contributed by atoms with Gasteiger partial charge in [0, 0.05) is 12.1 Å². The molecule has 0 bridgehead atoms.